The molecular formula is C23H32N4O3S. The van der Waals surface area contributed by atoms with E-state index in [4.69, 9.17) is 0 Å². The van der Waals surface area contributed by atoms with E-state index in [1.807, 2.05) is 13.0 Å². The second kappa shape index (κ2) is 9.78. The summed E-state index contributed by atoms with van der Waals surface area (Å²) in [6.45, 7) is 10.2. The highest BCUT2D eigenvalue weighted by Gasteiger charge is 2.27. The monoisotopic (exact) mass is 444 g/mol. The van der Waals surface area contributed by atoms with Crippen LogP contribution in [-0.2, 0) is 10.0 Å². The molecule has 0 atom stereocenters. The van der Waals surface area contributed by atoms with E-state index < -0.39 is 10.0 Å². The summed E-state index contributed by atoms with van der Waals surface area (Å²) in [4.78, 5) is 19.8. The van der Waals surface area contributed by atoms with Gasteiger partial charge < -0.3 is 10.2 Å². The van der Waals surface area contributed by atoms with Gasteiger partial charge in [0.15, 0.2) is 0 Å². The summed E-state index contributed by atoms with van der Waals surface area (Å²) < 4.78 is 27.5. The van der Waals surface area contributed by atoms with E-state index in [-0.39, 0.29) is 10.8 Å². The van der Waals surface area contributed by atoms with Gasteiger partial charge in [-0.15, -0.1) is 0 Å². The molecule has 1 saturated heterocycles. The molecule has 2 heterocycles. The van der Waals surface area contributed by atoms with Gasteiger partial charge in [-0.3, -0.25) is 4.79 Å². The predicted octanol–water partition coefficient (Wildman–Crippen LogP) is 3.91. The van der Waals surface area contributed by atoms with Crippen LogP contribution in [-0.4, -0.2) is 49.8 Å². The number of rotatable bonds is 7. The Labute approximate surface area is 185 Å². The number of aromatic nitrogens is 1. The third-order valence-electron chi connectivity index (χ3n) is 5.84. The molecule has 3 rings (SSSR count). The Hall–Kier alpha value is -2.45. The lowest BCUT2D eigenvalue weighted by Crippen LogP contribution is -2.35. The molecule has 1 amide bonds. The van der Waals surface area contributed by atoms with Crippen LogP contribution in [0.25, 0.3) is 0 Å². The third-order valence-corrected chi connectivity index (χ3v) is 7.88. The first kappa shape index (κ1) is 23.2. The van der Waals surface area contributed by atoms with E-state index in [9.17, 15) is 13.2 Å². The van der Waals surface area contributed by atoms with Crippen LogP contribution in [0.2, 0.25) is 0 Å². The number of nitrogens with zero attached hydrogens (tertiary/aromatic N) is 3. The molecule has 0 aliphatic carbocycles. The smallest absolute Gasteiger partial charge is 0.258 e. The Bertz CT molecular complexity index is 1030. The summed E-state index contributed by atoms with van der Waals surface area (Å²) in [5.74, 6) is 0.732. The first-order valence-electron chi connectivity index (χ1n) is 10.9. The maximum absolute atomic E-state index is 13.3. The average Bonchev–Trinajstić information content (AvgIpc) is 2.74. The first-order valence-corrected chi connectivity index (χ1v) is 12.3. The number of carbonyl (C=O) groups is 1. The quantitative estimate of drug-likeness (QED) is 0.700. The summed E-state index contributed by atoms with van der Waals surface area (Å²) in [5.41, 5.74) is 2.09. The highest BCUT2D eigenvalue weighted by atomic mass is 32.2. The molecule has 1 fully saturated rings. The molecule has 2 aromatic rings. The normalized spacial score (nSPS) is 15.3. The van der Waals surface area contributed by atoms with Gasteiger partial charge in [0.25, 0.3) is 5.91 Å². The SMILES string of the molecule is CCN(CC)S(=O)(=O)c1ccc(N2CCC(C)CC2)c(C(=O)Nc2cc(C)ccn2)c1. The van der Waals surface area contributed by atoms with Crippen LogP contribution in [0.15, 0.2) is 41.4 Å². The van der Waals surface area contributed by atoms with Gasteiger partial charge in [0, 0.05) is 38.1 Å². The summed E-state index contributed by atoms with van der Waals surface area (Å²) >= 11 is 0. The zero-order chi connectivity index (χ0) is 22.6. The molecule has 0 unspecified atom stereocenters. The number of sulfonamides is 1. The summed E-state index contributed by atoms with van der Waals surface area (Å²) in [6, 6.07) is 8.53. The minimum atomic E-state index is -3.67. The van der Waals surface area contributed by atoms with E-state index in [0.717, 1.165) is 37.2 Å². The Balaban J connectivity index is 2.02. The summed E-state index contributed by atoms with van der Waals surface area (Å²) in [6.07, 6.45) is 3.72. The fourth-order valence-electron chi connectivity index (χ4n) is 3.88. The minimum Gasteiger partial charge on any atom is -0.371 e. The van der Waals surface area contributed by atoms with Crippen LogP contribution in [0.1, 0.15) is 49.5 Å². The van der Waals surface area contributed by atoms with Gasteiger partial charge in [0.1, 0.15) is 5.82 Å². The second-order valence-corrected chi connectivity index (χ2v) is 10.0. The molecular weight excluding hydrogens is 412 g/mol. The van der Waals surface area contributed by atoms with Gasteiger partial charge in [-0.05, 0) is 61.6 Å². The van der Waals surface area contributed by atoms with Gasteiger partial charge >= 0.3 is 0 Å². The van der Waals surface area contributed by atoms with Crippen LogP contribution in [0, 0.1) is 12.8 Å². The predicted molar refractivity (Wildman–Crippen MR) is 124 cm³/mol. The van der Waals surface area contributed by atoms with Crippen molar-refractivity contribution >= 4 is 27.4 Å². The fourth-order valence-corrected chi connectivity index (χ4v) is 5.37. The maximum Gasteiger partial charge on any atom is 0.258 e. The Morgan fingerprint density at radius 3 is 2.45 bits per heavy atom. The van der Waals surface area contributed by atoms with E-state index in [2.05, 4.69) is 22.1 Å². The molecule has 1 aliphatic heterocycles. The van der Waals surface area contributed by atoms with Crippen molar-refractivity contribution < 1.29 is 13.2 Å². The second-order valence-electron chi connectivity index (χ2n) is 8.11. The van der Waals surface area contributed by atoms with Gasteiger partial charge in [-0.1, -0.05) is 20.8 Å². The number of hydrogen-bond donors (Lipinski definition) is 1. The number of amides is 1. The lowest BCUT2D eigenvalue weighted by molar-refractivity contribution is 0.102. The number of carbonyl (C=O) groups excluding carboxylic acids is 1. The number of aryl methyl sites for hydroxylation is 1. The molecule has 1 aliphatic rings. The van der Waals surface area contributed by atoms with E-state index in [1.165, 1.54) is 10.4 Å². The molecule has 0 saturated carbocycles. The van der Waals surface area contributed by atoms with Crippen molar-refractivity contribution in [2.24, 2.45) is 5.92 Å². The lowest BCUT2D eigenvalue weighted by atomic mass is 9.98. The van der Waals surface area contributed by atoms with Gasteiger partial charge in [-0.2, -0.15) is 4.31 Å². The van der Waals surface area contributed by atoms with Crippen LogP contribution >= 0.6 is 0 Å². The molecule has 1 N–H and O–H groups in total. The molecule has 7 nitrogen and oxygen atoms in total. The summed E-state index contributed by atoms with van der Waals surface area (Å²) in [7, 11) is -3.67. The number of benzene rings is 1. The highest BCUT2D eigenvalue weighted by molar-refractivity contribution is 7.89. The van der Waals surface area contributed by atoms with Crippen molar-refractivity contribution in [3.05, 3.63) is 47.7 Å². The fraction of sp³-hybridized carbons (Fsp3) is 0.478. The molecule has 1 aromatic carbocycles. The van der Waals surface area contributed by atoms with E-state index in [1.54, 1.807) is 38.2 Å². The first-order chi connectivity index (χ1) is 14.8. The average molecular weight is 445 g/mol. The lowest BCUT2D eigenvalue weighted by Gasteiger charge is -2.33. The maximum atomic E-state index is 13.3. The van der Waals surface area contributed by atoms with Gasteiger partial charge in [0.05, 0.1) is 10.5 Å². The zero-order valence-electron chi connectivity index (χ0n) is 18.8. The number of piperidine rings is 1. The van der Waals surface area contributed by atoms with Crippen molar-refractivity contribution in [1.82, 2.24) is 9.29 Å². The van der Waals surface area contributed by atoms with Crippen molar-refractivity contribution in [3.8, 4) is 0 Å². The Morgan fingerprint density at radius 2 is 1.84 bits per heavy atom. The van der Waals surface area contributed by atoms with Crippen LogP contribution in [0.4, 0.5) is 11.5 Å². The minimum absolute atomic E-state index is 0.132. The molecule has 0 bridgehead atoms. The number of pyridine rings is 1. The molecule has 0 spiro atoms. The standard InChI is InChI=1S/C23H32N4O3S/c1-5-27(6-2)31(29,30)19-7-8-21(26-13-10-17(3)11-14-26)20(16-19)23(28)25-22-15-18(4)9-12-24-22/h7-9,12,15-17H,5-6,10-11,13-14H2,1-4H3,(H,24,25,28). The molecule has 8 heteroatoms. The van der Waals surface area contributed by atoms with E-state index in [0.29, 0.717) is 30.4 Å². The topological polar surface area (TPSA) is 82.6 Å². The number of hydrogen-bond acceptors (Lipinski definition) is 5. The van der Waals surface area contributed by atoms with Crippen molar-refractivity contribution in [2.45, 2.75) is 45.4 Å². The largest absolute Gasteiger partial charge is 0.371 e. The van der Waals surface area contributed by atoms with Gasteiger partial charge in [-0.25, -0.2) is 13.4 Å². The van der Waals surface area contributed by atoms with Crippen LogP contribution < -0.4 is 10.2 Å². The molecule has 1 aromatic heterocycles. The summed E-state index contributed by atoms with van der Waals surface area (Å²) in [5, 5.41) is 2.84. The molecule has 168 valence electrons. The van der Waals surface area contributed by atoms with Crippen LogP contribution in [0.5, 0.6) is 0 Å². The van der Waals surface area contributed by atoms with Gasteiger partial charge in [0.2, 0.25) is 10.0 Å². The Morgan fingerprint density at radius 1 is 1.16 bits per heavy atom. The number of anilines is 2. The van der Waals surface area contributed by atoms with Crippen molar-refractivity contribution in [1.29, 1.82) is 0 Å². The molecule has 0 radical (unpaired) electrons. The molecule has 31 heavy (non-hydrogen) atoms. The van der Waals surface area contributed by atoms with Crippen molar-refractivity contribution in [3.63, 3.8) is 0 Å². The Kier molecular flexibility index (Phi) is 7.33. The highest BCUT2D eigenvalue weighted by Crippen LogP contribution is 2.30. The third kappa shape index (κ3) is 5.25. The van der Waals surface area contributed by atoms with E-state index >= 15 is 0 Å². The van der Waals surface area contributed by atoms with Crippen molar-refractivity contribution in [2.75, 3.05) is 36.4 Å². The zero-order valence-corrected chi connectivity index (χ0v) is 19.6. The number of nitrogens with one attached hydrogen (secondary N) is 1. The van der Waals surface area contributed by atoms with Crippen LogP contribution in [0.3, 0.4) is 0 Å².